The second-order valence-electron chi connectivity index (χ2n) is 7.16. The third-order valence-electron chi connectivity index (χ3n) is 5.24. The molecule has 0 aliphatic carbocycles. The van der Waals surface area contributed by atoms with Crippen LogP contribution in [0.2, 0.25) is 0 Å². The summed E-state index contributed by atoms with van der Waals surface area (Å²) in [5.74, 6) is 1.23. The van der Waals surface area contributed by atoms with Crippen molar-refractivity contribution < 1.29 is 4.79 Å². The van der Waals surface area contributed by atoms with Crippen LogP contribution in [0.1, 0.15) is 18.4 Å². The van der Waals surface area contributed by atoms with Crippen LogP contribution in [0.5, 0.6) is 0 Å². The Balaban J connectivity index is 1.37. The molecule has 4 rings (SSSR count). The van der Waals surface area contributed by atoms with E-state index in [0.29, 0.717) is 6.54 Å². The van der Waals surface area contributed by atoms with Crippen LogP contribution in [0.3, 0.4) is 0 Å². The Labute approximate surface area is 159 Å². The van der Waals surface area contributed by atoms with E-state index in [4.69, 9.17) is 4.98 Å². The smallest absolute Gasteiger partial charge is 0.225 e. The lowest BCUT2D eigenvalue weighted by Crippen LogP contribution is -2.41. The maximum absolute atomic E-state index is 12.8. The number of aromatic nitrogens is 2. The minimum Gasteiger partial charge on any atom is -0.355 e. The monoisotopic (exact) mass is 360 g/mol. The summed E-state index contributed by atoms with van der Waals surface area (Å²) in [6.07, 6.45) is 3.55. The van der Waals surface area contributed by atoms with Crippen molar-refractivity contribution in [1.82, 2.24) is 14.9 Å². The highest BCUT2D eigenvalue weighted by atomic mass is 16.2. The summed E-state index contributed by atoms with van der Waals surface area (Å²) in [6, 6.07) is 18.0. The van der Waals surface area contributed by atoms with Crippen LogP contribution in [-0.4, -0.2) is 40.9 Å². The van der Waals surface area contributed by atoms with Gasteiger partial charge in [-0.3, -0.25) is 9.78 Å². The van der Waals surface area contributed by atoms with E-state index < -0.39 is 0 Å². The molecule has 1 aliphatic heterocycles. The molecular formula is C22H24N4O. The van der Waals surface area contributed by atoms with Gasteiger partial charge in [0, 0.05) is 32.6 Å². The summed E-state index contributed by atoms with van der Waals surface area (Å²) in [4.78, 5) is 26.1. The van der Waals surface area contributed by atoms with E-state index in [9.17, 15) is 4.79 Å². The average Bonchev–Trinajstić information content (AvgIpc) is 2.73. The molecule has 5 heteroatoms. The number of carbonyl (C=O) groups is 1. The highest BCUT2D eigenvalue weighted by Crippen LogP contribution is 2.24. The molecule has 5 nitrogen and oxygen atoms in total. The fourth-order valence-corrected chi connectivity index (χ4v) is 3.70. The molecule has 0 N–H and O–H groups in total. The van der Waals surface area contributed by atoms with E-state index in [-0.39, 0.29) is 11.8 Å². The first-order chi connectivity index (χ1) is 13.2. The molecule has 0 unspecified atom stereocenters. The molecular weight excluding hydrogens is 336 g/mol. The Kier molecular flexibility index (Phi) is 5.01. The number of hydrogen-bond acceptors (Lipinski definition) is 4. The summed E-state index contributed by atoms with van der Waals surface area (Å²) < 4.78 is 0. The zero-order chi connectivity index (χ0) is 18.6. The van der Waals surface area contributed by atoms with Crippen LogP contribution in [0, 0.1) is 5.92 Å². The summed E-state index contributed by atoms with van der Waals surface area (Å²) in [7, 11) is 1.90. The van der Waals surface area contributed by atoms with Gasteiger partial charge < -0.3 is 9.80 Å². The van der Waals surface area contributed by atoms with E-state index in [2.05, 4.69) is 22.0 Å². The molecule has 0 radical (unpaired) electrons. The minimum atomic E-state index is 0.0865. The Bertz CT molecular complexity index is 920. The summed E-state index contributed by atoms with van der Waals surface area (Å²) >= 11 is 0. The van der Waals surface area contributed by atoms with Crippen LogP contribution >= 0.6 is 0 Å². The van der Waals surface area contributed by atoms with Crippen molar-refractivity contribution in [3.8, 4) is 0 Å². The van der Waals surface area contributed by atoms with Crippen molar-refractivity contribution in [2.75, 3.05) is 25.0 Å². The number of carbonyl (C=O) groups excluding carboxylic acids is 1. The van der Waals surface area contributed by atoms with Crippen molar-refractivity contribution in [3.63, 3.8) is 0 Å². The van der Waals surface area contributed by atoms with Crippen molar-refractivity contribution >= 4 is 22.8 Å². The van der Waals surface area contributed by atoms with Gasteiger partial charge in [-0.2, -0.15) is 0 Å². The van der Waals surface area contributed by atoms with Gasteiger partial charge in [0.1, 0.15) is 5.82 Å². The Morgan fingerprint density at radius 1 is 1.04 bits per heavy atom. The molecule has 138 valence electrons. The first-order valence-corrected chi connectivity index (χ1v) is 9.46. The van der Waals surface area contributed by atoms with Crippen molar-refractivity contribution in [1.29, 1.82) is 0 Å². The summed E-state index contributed by atoms with van der Waals surface area (Å²) in [6.45, 7) is 2.33. The molecule has 1 aliphatic rings. The lowest BCUT2D eigenvalue weighted by atomic mass is 9.95. The first-order valence-electron chi connectivity index (χ1n) is 9.46. The lowest BCUT2D eigenvalue weighted by Gasteiger charge is -2.33. The standard InChI is InChI=1S/C22H24N4O/c1-25(16-17-7-3-2-4-8-17)22(27)18-11-13-26(14-12-18)21-15-23-19-9-5-6-10-20(19)24-21/h2-10,15,18H,11-14,16H2,1H3. The fraction of sp³-hybridized carbons (Fsp3) is 0.318. The largest absolute Gasteiger partial charge is 0.355 e. The van der Waals surface area contributed by atoms with Crippen LogP contribution < -0.4 is 4.90 Å². The lowest BCUT2D eigenvalue weighted by molar-refractivity contribution is -0.135. The number of fused-ring (bicyclic) bond motifs is 1. The second-order valence-corrected chi connectivity index (χ2v) is 7.16. The predicted octanol–water partition coefficient (Wildman–Crippen LogP) is 3.50. The molecule has 0 spiro atoms. The normalized spacial score (nSPS) is 15.1. The van der Waals surface area contributed by atoms with Gasteiger partial charge in [-0.25, -0.2) is 4.98 Å². The van der Waals surface area contributed by atoms with E-state index in [1.54, 1.807) is 0 Å². The molecule has 2 aromatic carbocycles. The van der Waals surface area contributed by atoms with E-state index in [0.717, 1.165) is 48.3 Å². The van der Waals surface area contributed by atoms with Crippen molar-refractivity contribution in [3.05, 3.63) is 66.4 Å². The number of hydrogen-bond donors (Lipinski definition) is 0. The third-order valence-corrected chi connectivity index (χ3v) is 5.24. The molecule has 27 heavy (non-hydrogen) atoms. The minimum absolute atomic E-state index is 0.0865. The van der Waals surface area contributed by atoms with Gasteiger partial charge in [-0.05, 0) is 30.5 Å². The highest BCUT2D eigenvalue weighted by Gasteiger charge is 2.27. The van der Waals surface area contributed by atoms with Crippen molar-refractivity contribution in [2.45, 2.75) is 19.4 Å². The van der Waals surface area contributed by atoms with Gasteiger partial charge in [0.15, 0.2) is 0 Å². The van der Waals surface area contributed by atoms with E-state index >= 15 is 0 Å². The maximum atomic E-state index is 12.8. The fourth-order valence-electron chi connectivity index (χ4n) is 3.70. The number of piperidine rings is 1. The van der Waals surface area contributed by atoms with Crippen LogP contribution in [0.25, 0.3) is 11.0 Å². The third kappa shape index (κ3) is 3.92. The molecule has 1 saturated heterocycles. The summed E-state index contributed by atoms with van der Waals surface area (Å²) in [5, 5.41) is 0. The van der Waals surface area contributed by atoms with Gasteiger partial charge in [0.05, 0.1) is 17.2 Å². The van der Waals surface area contributed by atoms with Crippen LogP contribution in [0.15, 0.2) is 60.8 Å². The Morgan fingerprint density at radius 3 is 2.44 bits per heavy atom. The molecule has 2 heterocycles. The van der Waals surface area contributed by atoms with Gasteiger partial charge in [-0.1, -0.05) is 42.5 Å². The Hall–Kier alpha value is -2.95. The molecule has 0 bridgehead atoms. The van der Waals surface area contributed by atoms with Gasteiger partial charge in [0.25, 0.3) is 0 Å². The maximum Gasteiger partial charge on any atom is 0.225 e. The topological polar surface area (TPSA) is 49.3 Å². The van der Waals surface area contributed by atoms with E-state index in [1.165, 1.54) is 0 Å². The number of nitrogens with zero attached hydrogens (tertiary/aromatic N) is 4. The Morgan fingerprint density at radius 2 is 1.70 bits per heavy atom. The highest BCUT2D eigenvalue weighted by molar-refractivity contribution is 5.79. The van der Waals surface area contributed by atoms with Gasteiger partial charge >= 0.3 is 0 Å². The molecule has 3 aromatic rings. The molecule has 0 atom stereocenters. The van der Waals surface area contributed by atoms with Gasteiger partial charge in [0.2, 0.25) is 5.91 Å². The molecule has 0 saturated carbocycles. The van der Waals surface area contributed by atoms with Crippen molar-refractivity contribution in [2.24, 2.45) is 5.92 Å². The van der Waals surface area contributed by atoms with E-state index in [1.807, 2.05) is 60.6 Å². The molecule has 1 amide bonds. The zero-order valence-corrected chi connectivity index (χ0v) is 15.6. The SMILES string of the molecule is CN(Cc1ccccc1)C(=O)C1CCN(c2cnc3ccccc3n2)CC1. The number of amides is 1. The quantitative estimate of drug-likeness (QED) is 0.714. The number of rotatable bonds is 4. The number of benzene rings is 2. The zero-order valence-electron chi connectivity index (χ0n) is 15.6. The van der Waals surface area contributed by atoms with Crippen LogP contribution in [0.4, 0.5) is 5.82 Å². The van der Waals surface area contributed by atoms with Crippen LogP contribution in [-0.2, 0) is 11.3 Å². The van der Waals surface area contributed by atoms with Gasteiger partial charge in [-0.15, -0.1) is 0 Å². The molecule has 1 fully saturated rings. The number of para-hydroxylation sites is 2. The summed E-state index contributed by atoms with van der Waals surface area (Å²) in [5.41, 5.74) is 2.99. The first kappa shape index (κ1) is 17.5. The predicted molar refractivity (Wildman–Crippen MR) is 107 cm³/mol. The molecule has 1 aromatic heterocycles. The second kappa shape index (κ2) is 7.74. The average molecular weight is 360 g/mol. The number of anilines is 1.